The Morgan fingerprint density at radius 2 is 1.81 bits per heavy atom. The van der Waals surface area contributed by atoms with Gasteiger partial charge in [-0.3, -0.25) is 9.59 Å². The van der Waals surface area contributed by atoms with Crippen molar-refractivity contribution in [3.8, 4) is 0 Å². The van der Waals surface area contributed by atoms with Crippen molar-refractivity contribution in [1.82, 2.24) is 5.06 Å². The third-order valence-electron chi connectivity index (χ3n) is 11.3. The molecule has 2 N–H and O–H groups in total. The molecule has 37 heavy (non-hydrogen) atoms. The second-order valence-corrected chi connectivity index (χ2v) is 13.3. The molecule has 8 nitrogen and oxygen atoms in total. The van der Waals surface area contributed by atoms with Crippen LogP contribution in [0, 0.1) is 40.4 Å². The van der Waals surface area contributed by atoms with Gasteiger partial charge in [0.15, 0.2) is 0 Å². The fourth-order valence-corrected chi connectivity index (χ4v) is 8.88. The number of imide groups is 1. The van der Waals surface area contributed by atoms with Gasteiger partial charge < -0.3 is 19.8 Å². The zero-order chi connectivity index (χ0) is 26.5. The van der Waals surface area contributed by atoms with Crippen molar-refractivity contribution in [1.29, 1.82) is 0 Å². The molecule has 5 aliphatic rings. The highest BCUT2D eigenvalue weighted by Crippen LogP contribution is 2.61. The third kappa shape index (κ3) is 4.87. The predicted molar refractivity (Wildman–Crippen MR) is 134 cm³/mol. The molecule has 5 rings (SSSR count). The summed E-state index contributed by atoms with van der Waals surface area (Å²) in [5.41, 5.74) is 0.143. The monoisotopic (exact) mass is 519 g/mol. The minimum atomic E-state index is -0.530. The Hall–Kier alpha value is -1.51. The molecule has 2 amide bonds. The van der Waals surface area contributed by atoms with Crippen LogP contribution in [0.3, 0.4) is 0 Å². The number of aliphatic hydroxyl groups is 2. The molecule has 0 bridgehead atoms. The van der Waals surface area contributed by atoms with Crippen LogP contribution in [0.25, 0.3) is 0 Å². The van der Waals surface area contributed by atoms with E-state index in [1.807, 2.05) is 0 Å². The van der Waals surface area contributed by atoms with E-state index in [4.69, 9.17) is 9.57 Å². The maximum atomic E-state index is 12.5. The molecule has 2 heterocycles. The SMILES string of the molecule is C[C@H](CCC(=O)ON1C(=O)CCC1=O)C1CCCC2C(O)CC3C[C@H](O)CCC3(C)C2C[C@H]2OCC12C. The lowest BCUT2D eigenvalue weighted by Crippen LogP contribution is -2.59. The van der Waals surface area contributed by atoms with Crippen LogP contribution >= 0.6 is 0 Å². The number of hydroxylamine groups is 2. The number of aliphatic hydroxyl groups excluding tert-OH is 2. The maximum absolute atomic E-state index is 12.5. The summed E-state index contributed by atoms with van der Waals surface area (Å²) in [5.74, 6) is 0.221. The molecule has 8 heteroatoms. The van der Waals surface area contributed by atoms with Crippen molar-refractivity contribution in [2.45, 2.75) is 116 Å². The number of nitrogens with zero attached hydrogens (tertiary/aromatic N) is 1. The number of ether oxygens (including phenoxy) is 1. The molecule has 0 aromatic rings. The minimum absolute atomic E-state index is 0.0154. The van der Waals surface area contributed by atoms with E-state index in [9.17, 15) is 24.6 Å². The lowest BCUT2D eigenvalue weighted by molar-refractivity contribution is -0.232. The second-order valence-electron chi connectivity index (χ2n) is 13.3. The Morgan fingerprint density at radius 3 is 2.49 bits per heavy atom. The molecule has 0 aromatic carbocycles. The van der Waals surface area contributed by atoms with Gasteiger partial charge in [0, 0.05) is 24.7 Å². The molecule has 0 aromatic heterocycles. The highest BCUT2D eigenvalue weighted by atomic mass is 16.7. The van der Waals surface area contributed by atoms with Gasteiger partial charge in [0.05, 0.1) is 24.9 Å². The van der Waals surface area contributed by atoms with Crippen LogP contribution in [0.4, 0.5) is 0 Å². The van der Waals surface area contributed by atoms with Crippen LogP contribution in [0.15, 0.2) is 0 Å². The van der Waals surface area contributed by atoms with Crippen LogP contribution < -0.4 is 0 Å². The Labute approximate surface area is 220 Å². The topological polar surface area (TPSA) is 113 Å². The van der Waals surface area contributed by atoms with E-state index in [2.05, 4.69) is 20.8 Å². The first-order valence-corrected chi connectivity index (χ1v) is 14.6. The van der Waals surface area contributed by atoms with Gasteiger partial charge in [-0.1, -0.05) is 27.2 Å². The standard InChI is InChI=1S/C29H45NO7/c1-17(7-10-27(35)37-30-25(33)8-9-26(30)34)21-6-4-5-20-22(15-24-29(21,3)16-36-24)28(2)12-11-19(31)13-18(28)14-23(20)32/h17-24,31-32H,4-16H2,1-3H3/t17-,18?,19-,20?,21?,22?,23?,24-,28?,29?/m1/s1. The number of rotatable bonds is 5. The highest BCUT2D eigenvalue weighted by Gasteiger charge is 2.58. The molecule has 208 valence electrons. The first-order chi connectivity index (χ1) is 17.5. The van der Waals surface area contributed by atoms with Gasteiger partial charge in [-0.2, -0.15) is 0 Å². The van der Waals surface area contributed by atoms with Gasteiger partial charge in [-0.25, -0.2) is 4.79 Å². The zero-order valence-corrected chi connectivity index (χ0v) is 22.7. The van der Waals surface area contributed by atoms with Gasteiger partial charge >= 0.3 is 5.97 Å². The summed E-state index contributed by atoms with van der Waals surface area (Å²) in [7, 11) is 0. The van der Waals surface area contributed by atoms with Crippen molar-refractivity contribution in [2.75, 3.05) is 6.61 Å². The quantitative estimate of drug-likeness (QED) is 0.532. The first kappa shape index (κ1) is 27.1. The lowest BCUT2D eigenvalue weighted by atomic mass is 9.49. The van der Waals surface area contributed by atoms with E-state index in [-0.39, 0.29) is 60.2 Å². The second kappa shape index (κ2) is 10.2. The van der Waals surface area contributed by atoms with Gasteiger partial charge in [-0.15, -0.1) is 5.06 Å². The van der Waals surface area contributed by atoms with Crippen LogP contribution in [0.1, 0.15) is 97.8 Å². The molecule has 3 saturated carbocycles. The average molecular weight is 520 g/mol. The summed E-state index contributed by atoms with van der Waals surface area (Å²) in [5, 5.41) is 22.2. The van der Waals surface area contributed by atoms with Gasteiger partial charge in [0.1, 0.15) is 0 Å². The Kier molecular flexibility index (Phi) is 7.49. The zero-order valence-electron chi connectivity index (χ0n) is 22.7. The van der Waals surface area contributed by atoms with Gasteiger partial charge in [0.25, 0.3) is 11.8 Å². The largest absolute Gasteiger partial charge is 0.393 e. The number of carbonyl (C=O) groups is 3. The summed E-state index contributed by atoms with van der Waals surface area (Å²) < 4.78 is 6.27. The van der Waals surface area contributed by atoms with Crippen LogP contribution in [-0.4, -0.2) is 58.0 Å². The minimum Gasteiger partial charge on any atom is -0.393 e. The summed E-state index contributed by atoms with van der Waals surface area (Å²) >= 11 is 0. The van der Waals surface area contributed by atoms with E-state index < -0.39 is 17.8 Å². The molecule has 0 spiro atoms. The molecule has 2 aliphatic heterocycles. The fraction of sp³-hybridized carbons (Fsp3) is 0.897. The van der Waals surface area contributed by atoms with Crippen molar-refractivity contribution in [3.05, 3.63) is 0 Å². The number of carbonyl (C=O) groups excluding carboxylic acids is 3. The number of hydrogen-bond acceptors (Lipinski definition) is 7. The summed E-state index contributed by atoms with van der Waals surface area (Å²) in [4.78, 5) is 41.1. The van der Waals surface area contributed by atoms with Crippen molar-refractivity contribution in [2.24, 2.45) is 40.4 Å². The highest BCUT2D eigenvalue weighted by molar-refractivity contribution is 6.01. The van der Waals surface area contributed by atoms with E-state index in [0.717, 1.165) is 51.4 Å². The third-order valence-corrected chi connectivity index (χ3v) is 11.3. The molecule has 5 fully saturated rings. The molecule has 2 saturated heterocycles. The fourth-order valence-electron chi connectivity index (χ4n) is 8.88. The Morgan fingerprint density at radius 1 is 1.08 bits per heavy atom. The smallest absolute Gasteiger partial charge is 0.333 e. The summed E-state index contributed by atoms with van der Waals surface area (Å²) in [6.07, 6.45) is 8.04. The normalized spacial score (nSPS) is 44.9. The number of hydrogen-bond donors (Lipinski definition) is 2. The van der Waals surface area contributed by atoms with Crippen molar-refractivity contribution in [3.63, 3.8) is 0 Å². The van der Waals surface area contributed by atoms with Crippen LogP contribution in [0.5, 0.6) is 0 Å². The molecule has 0 radical (unpaired) electrons. The number of amides is 2. The average Bonchev–Trinajstić information content (AvgIpc) is 3.17. The lowest BCUT2D eigenvalue weighted by Gasteiger charge is -2.59. The van der Waals surface area contributed by atoms with Crippen LogP contribution in [-0.2, 0) is 24.0 Å². The summed E-state index contributed by atoms with van der Waals surface area (Å²) in [6.45, 7) is 7.66. The molecule has 10 atom stereocenters. The molecule has 3 aliphatic carbocycles. The Bertz CT molecular complexity index is 893. The maximum Gasteiger partial charge on any atom is 0.333 e. The molecular formula is C29H45NO7. The molecular weight excluding hydrogens is 474 g/mol. The van der Waals surface area contributed by atoms with Gasteiger partial charge in [-0.05, 0) is 86.4 Å². The van der Waals surface area contributed by atoms with Gasteiger partial charge in [0.2, 0.25) is 0 Å². The van der Waals surface area contributed by atoms with E-state index >= 15 is 0 Å². The Balaban J connectivity index is 1.27. The van der Waals surface area contributed by atoms with Crippen molar-refractivity contribution < 1.29 is 34.2 Å². The molecule has 7 unspecified atom stereocenters. The summed E-state index contributed by atoms with van der Waals surface area (Å²) in [6, 6.07) is 0. The van der Waals surface area contributed by atoms with Crippen LogP contribution in [0.2, 0.25) is 0 Å². The number of fused-ring (bicyclic) bond motifs is 4. The van der Waals surface area contributed by atoms with Crippen molar-refractivity contribution >= 4 is 17.8 Å². The first-order valence-electron chi connectivity index (χ1n) is 14.6. The van der Waals surface area contributed by atoms with E-state index in [1.165, 1.54) is 0 Å². The van der Waals surface area contributed by atoms with E-state index in [0.29, 0.717) is 35.8 Å². The predicted octanol–water partition coefficient (Wildman–Crippen LogP) is 3.77. The van der Waals surface area contributed by atoms with E-state index in [1.54, 1.807) is 0 Å².